The number of aromatic amines is 1. The van der Waals surface area contributed by atoms with E-state index in [1.165, 1.54) is 0 Å². The molecule has 0 aliphatic heterocycles. The Hall–Kier alpha value is -2.08. The topological polar surface area (TPSA) is 79.9 Å². The predicted molar refractivity (Wildman–Crippen MR) is 71.5 cm³/mol. The summed E-state index contributed by atoms with van der Waals surface area (Å²) in [5, 5.41) is 8.96. The molecule has 0 fully saturated rings. The number of H-pyrrole nitrogens is 1. The van der Waals surface area contributed by atoms with Crippen molar-refractivity contribution >= 4 is 23.5 Å². The Morgan fingerprint density at radius 3 is 2.79 bits per heavy atom. The number of hydrogen-bond acceptors (Lipinski definition) is 4. The molecule has 1 aromatic heterocycles. The molecule has 0 unspecified atom stereocenters. The molecule has 0 atom stereocenters. The van der Waals surface area contributed by atoms with E-state index in [0.717, 1.165) is 5.56 Å². The van der Waals surface area contributed by atoms with Crippen molar-refractivity contribution in [2.75, 3.05) is 11.9 Å². The molecule has 0 spiro atoms. The molecule has 1 aromatic carbocycles. The minimum atomic E-state index is -0.277. The Kier molecular flexibility index (Phi) is 4.35. The second-order valence-corrected chi connectivity index (χ2v) is 3.95. The van der Waals surface area contributed by atoms with Gasteiger partial charge in [0.1, 0.15) is 0 Å². The molecule has 0 radical (unpaired) electrons. The van der Waals surface area contributed by atoms with Crippen LogP contribution in [0.25, 0.3) is 0 Å². The Labute approximate surface area is 115 Å². The van der Waals surface area contributed by atoms with Crippen molar-refractivity contribution in [1.82, 2.24) is 15.2 Å². The van der Waals surface area contributed by atoms with Crippen molar-refractivity contribution in [3.8, 4) is 6.01 Å². The molecule has 19 heavy (non-hydrogen) atoms. The maximum absolute atomic E-state index is 11.9. The number of halogens is 1. The standard InChI is InChI=1S/C12H13ClN4O2/c1-2-19-12-15-11(16-17-12)14-10(18)9-5-3-8(7-13)4-6-9/h3-6H,2,7H2,1H3,(H2,14,15,16,17,18). The average molecular weight is 281 g/mol. The molecular weight excluding hydrogens is 268 g/mol. The minimum absolute atomic E-state index is 0.204. The second-order valence-electron chi connectivity index (χ2n) is 3.68. The summed E-state index contributed by atoms with van der Waals surface area (Å²) in [5.74, 6) is 0.386. The number of carbonyl (C=O) groups excluding carboxylic acids is 1. The normalized spacial score (nSPS) is 10.2. The van der Waals surface area contributed by atoms with E-state index in [4.69, 9.17) is 16.3 Å². The maximum Gasteiger partial charge on any atom is 0.337 e. The van der Waals surface area contributed by atoms with Gasteiger partial charge in [0.25, 0.3) is 5.91 Å². The molecule has 0 saturated heterocycles. The summed E-state index contributed by atoms with van der Waals surface area (Å²) >= 11 is 5.68. The molecule has 100 valence electrons. The minimum Gasteiger partial charge on any atom is -0.463 e. The number of nitrogens with one attached hydrogen (secondary N) is 2. The highest BCUT2D eigenvalue weighted by atomic mass is 35.5. The number of alkyl halides is 1. The Morgan fingerprint density at radius 2 is 2.16 bits per heavy atom. The van der Waals surface area contributed by atoms with Crippen molar-refractivity contribution in [1.29, 1.82) is 0 Å². The van der Waals surface area contributed by atoms with E-state index in [1.807, 2.05) is 6.92 Å². The van der Waals surface area contributed by atoms with Crippen LogP contribution in [0.2, 0.25) is 0 Å². The smallest absolute Gasteiger partial charge is 0.337 e. The summed E-state index contributed by atoms with van der Waals surface area (Å²) in [7, 11) is 0. The fourth-order valence-corrected chi connectivity index (χ4v) is 1.60. The van der Waals surface area contributed by atoms with Crippen LogP contribution in [0.5, 0.6) is 6.01 Å². The summed E-state index contributed by atoms with van der Waals surface area (Å²) in [6, 6.07) is 7.21. The number of rotatable bonds is 5. The summed E-state index contributed by atoms with van der Waals surface area (Å²) in [6.07, 6.45) is 0. The molecule has 0 aliphatic rings. The third-order valence-corrected chi connectivity index (χ3v) is 2.65. The highest BCUT2D eigenvalue weighted by molar-refractivity contribution is 6.17. The molecule has 6 nitrogen and oxygen atoms in total. The SMILES string of the molecule is CCOc1n[nH]c(NC(=O)c2ccc(CCl)cc2)n1. The first-order valence-electron chi connectivity index (χ1n) is 5.74. The van der Waals surface area contributed by atoms with E-state index in [9.17, 15) is 4.79 Å². The van der Waals surface area contributed by atoms with Gasteiger partial charge in [-0.2, -0.15) is 4.98 Å². The van der Waals surface area contributed by atoms with Crippen LogP contribution in [0.4, 0.5) is 5.95 Å². The Balaban J connectivity index is 2.02. The number of ether oxygens (including phenoxy) is 1. The summed E-state index contributed by atoms with van der Waals surface area (Å²) in [5.41, 5.74) is 1.47. The van der Waals surface area contributed by atoms with Crippen LogP contribution in [-0.4, -0.2) is 27.7 Å². The van der Waals surface area contributed by atoms with Gasteiger partial charge < -0.3 is 4.74 Å². The van der Waals surface area contributed by atoms with E-state index >= 15 is 0 Å². The van der Waals surface area contributed by atoms with Crippen LogP contribution >= 0.6 is 11.6 Å². The molecule has 2 N–H and O–H groups in total. The lowest BCUT2D eigenvalue weighted by atomic mass is 10.1. The van der Waals surface area contributed by atoms with Gasteiger partial charge in [0.2, 0.25) is 5.95 Å². The predicted octanol–water partition coefficient (Wildman–Crippen LogP) is 2.19. The number of carbonyl (C=O) groups is 1. The third kappa shape index (κ3) is 3.45. The van der Waals surface area contributed by atoms with Crippen LogP contribution in [0.3, 0.4) is 0 Å². The zero-order valence-corrected chi connectivity index (χ0v) is 11.1. The molecule has 2 aromatic rings. The first-order valence-corrected chi connectivity index (χ1v) is 6.28. The summed E-state index contributed by atoms with van der Waals surface area (Å²) in [4.78, 5) is 15.9. The largest absolute Gasteiger partial charge is 0.463 e. The van der Waals surface area contributed by atoms with Crippen LogP contribution in [0.1, 0.15) is 22.8 Å². The van der Waals surface area contributed by atoms with Crippen molar-refractivity contribution in [3.63, 3.8) is 0 Å². The average Bonchev–Trinajstić information content (AvgIpc) is 2.86. The molecule has 1 heterocycles. The lowest BCUT2D eigenvalue weighted by Crippen LogP contribution is -2.12. The first-order chi connectivity index (χ1) is 9.22. The molecule has 2 rings (SSSR count). The second kappa shape index (κ2) is 6.19. The van der Waals surface area contributed by atoms with Crippen molar-refractivity contribution < 1.29 is 9.53 Å². The molecule has 7 heteroatoms. The summed E-state index contributed by atoms with van der Waals surface area (Å²) in [6.45, 7) is 2.29. The van der Waals surface area contributed by atoms with Gasteiger partial charge in [0.05, 0.1) is 6.61 Å². The number of anilines is 1. The lowest BCUT2D eigenvalue weighted by molar-refractivity contribution is 0.102. The van der Waals surface area contributed by atoms with Crippen LogP contribution < -0.4 is 10.1 Å². The molecule has 1 amide bonds. The monoisotopic (exact) mass is 280 g/mol. The van der Waals surface area contributed by atoms with Crippen LogP contribution in [0.15, 0.2) is 24.3 Å². The zero-order valence-electron chi connectivity index (χ0n) is 10.3. The van der Waals surface area contributed by atoms with Gasteiger partial charge in [0, 0.05) is 11.4 Å². The molecular formula is C12H13ClN4O2. The van der Waals surface area contributed by atoms with E-state index in [1.54, 1.807) is 24.3 Å². The van der Waals surface area contributed by atoms with Gasteiger partial charge >= 0.3 is 6.01 Å². The maximum atomic E-state index is 11.9. The van der Waals surface area contributed by atoms with E-state index in [0.29, 0.717) is 18.1 Å². The number of nitrogens with zero attached hydrogens (tertiary/aromatic N) is 2. The quantitative estimate of drug-likeness (QED) is 0.823. The van der Waals surface area contributed by atoms with E-state index < -0.39 is 0 Å². The number of aromatic nitrogens is 3. The zero-order chi connectivity index (χ0) is 13.7. The molecule has 0 saturated carbocycles. The first kappa shape index (κ1) is 13.4. The molecule has 0 bridgehead atoms. The van der Waals surface area contributed by atoms with Gasteiger partial charge in [-0.05, 0) is 24.6 Å². The third-order valence-electron chi connectivity index (χ3n) is 2.34. The van der Waals surface area contributed by atoms with Crippen LogP contribution in [-0.2, 0) is 5.88 Å². The van der Waals surface area contributed by atoms with Gasteiger partial charge in [-0.1, -0.05) is 12.1 Å². The van der Waals surface area contributed by atoms with Gasteiger partial charge in [-0.25, -0.2) is 5.10 Å². The fraction of sp³-hybridized carbons (Fsp3) is 0.250. The van der Waals surface area contributed by atoms with Crippen molar-refractivity contribution in [2.45, 2.75) is 12.8 Å². The fourth-order valence-electron chi connectivity index (χ4n) is 1.42. The number of benzene rings is 1. The summed E-state index contributed by atoms with van der Waals surface area (Å²) < 4.78 is 5.08. The van der Waals surface area contributed by atoms with Crippen LogP contribution in [0, 0.1) is 0 Å². The number of amides is 1. The van der Waals surface area contributed by atoms with Crippen molar-refractivity contribution in [3.05, 3.63) is 35.4 Å². The van der Waals surface area contributed by atoms with Crippen molar-refractivity contribution in [2.24, 2.45) is 0 Å². The lowest BCUT2D eigenvalue weighted by Gasteiger charge is -2.02. The van der Waals surface area contributed by atoms with E-state index in [-0.39, 0.29) is 17.9 Å². The van der Waals surface area contributed by atoms with Gasteiger partial charge in [-0.3, -0.25) is 10.1 Å². The molecule has 0 aliphatic carbocycles. The van der Waals surface area contributed by atoms with Gasteiger partial charge in [0.15, 0.2) is 0 Å². The highest BCUT2D eigenvalue weighted by Gasteiger charge is 2.09. The Morgan fingerprint density at radius 1 is 1.42 bits per heavy atom. The Bertz CT molecular complexity index is 553. The van der Waals surface area contributed by atoms with Gasteiger partial charge in [-0.15, -0.1) is 16.7 Å². The van der Waals surface area contributed by atoms with E-state index in [2.05, 4.69) is 20.5 Å². The highest BCUT2D eigenvalue weighted by Crippen LogP contribution is 2.10. The number of hydrogen-bond donors (Lipinski definition) is 2.